The molecule has 0 amide bonds. The van der Waals surface area contributed by atoms with Crippen LogP contribution in [0.4, 0.5) is 13.2 Å². The van der Waals surface area contributed by atoms with Gasteiger partial charge in [-0.25, -0.2) is 4.79 Å². The van der Waals surface area contributed by atoms with E-state index in [1.165, 1.54) is 6.07 Å². The molecule has 0 N–H and O–H groups in total. The van der Waals surface area contributed by atoms with Crippen molar-refractivity contribution in [3.8, 4) is 11.3 Å². The molecule has 3 rings (SSSR count). The van der Waals surface area contributed by atoms with Gasteiger partial charge in [-0.2, -0.15) is 13.2 Å². The molecule has 0 saturated carbocycles. The summed E-state index contributed by atoms with van der Waals surface area (Å²) in [4.78, 5) is 15.1. The van der Waals surface area contributed by atoms with Gasteiger partial charge in [0.1, 0.15) is 5.69 Å². The van der Waals surface area contributed by atoms with E-state index in [0.717, 1.165) is 30.6 Å². The lowest BCUT2D eigenvalue weighted by molar-refractivity contribution is -0.137. The average molecular weight is 432 g/mol. The van der Waals surface area contributed by atoms with Crippen molar-refractivity contribution in [2.75, 3.05) is 26.2 Å². The van der Waals surface area contributed by atoms with E-state index < -0.39 is 17.7 Å². The minimum Gasteiger partial charge on any atom is -0.461 e. The molecule has 0 radical (unpaired) electrons. The Morgan fingerprint density at radius 1 is 1.00 bits per heavy atom. The number of benzene rings is 2. The van der Waals surface area contributed by atoms with Crippen molar-refractivity contribution in [2.24, 2.45) is 0 Å². The molecule has 3 aromatic rings. The zero-order valence-corrected chi connectivity index (χ0v) is 18.0. The van der Waals surface area contributed by atoms with Crippen molar-refractivity contribution in [2.45, 2.75) is 33.5 Å². The minimum atomic E-state index is -4.45. The number of likely N-dealkylation sites (N-methyl/N-ethyl adjacent to an activating group) is 1. The van der Waals surface area contributed by atoms with Crippen molar-refractivity contribution in [1.29, 1.82) is 0 Å². The first kappa shape index (κ1) is 22.9. The third kappa shape index (κ3) is 4.77. The Bertz CT molecular complexity index is 1050. The van der Waals surface area contributed by atoms with E-state index in [1.54, 1.807) is 13.0 Å². The molecule has 0 aliphatic heterocycles. The Balaban J connectivity index is 2.26. The molecule has 0 aliphatic carbocycles. The summed E-state index contributed by atoms with van der Waals surface area (Å²) in [6.07, 6.45) is -4.45. The first-order chi connectivity index (χ1) is 14.8. The lowest BCUT2D eigenvalue weighted by atomic mass is 10.0. The smallest absolute Gasteiger partial charge is 0.416 e. The van der Waals surface area contributed by atoms with Gasteiger partial charge >= 0.3 is 12.1 Å². The molecule has 0 spiro atoms. The van der Waals surface area contributed by atoms with Crippen LogP contribution in [-0.4, -0.2) is 41.7 Å². The van der Waals surface area contributed by atoms with Gasteiger partial charge in [0.15, 0.2) is 0 Å². The van der Waals surface area contributed by atoms with Gasteiger partial charge in [-0.15, -0.1) is 0 Å². The van der Waals surface area contributed by atoms with E-state index in [-0.39, 0.29) is 6.61 Å². The average Bonchev–Trinajstić information content (AvgIpc) is 3.08. The highest BCUT2D eigenvalue weighted by Crippen LogP contribution is 2.37. The van der Waals surface area contributed by atoms with Gasteiger partial charge in [0.25, 0.3) is 0 Å². The van der Waals surface area contributed by atoms with Gasteiger partial charge in [0, 0.05) is 23.9 Å². The normalized spacial score (nSPS) is 12.0. The number of rotatable bonds is 8. The maximum Gasteiger partial charge on any atom is 0.416 e. The second kappa shape index (κ2) is 9.56. The predicted molar refractivity (Wildman–Crippen MR) is 116 cm³/mol. The van der Waals surface area contributed by atoms with Gasteiger partial charge in [-0.05, 0) is 37.7 Å². The molecule has 1 heterocycles. The van der Waals surface area contributed by atoms with Crippen LogP contribution in [0.25, 0.3) is 22.0 Å². The van der Waals surface area contributed by atoms with Gasteiger partial charge in [0.05, 0.1) is 17.9 Å². The highest BCUT2D eigenvalue weighted by molar-refractivity contribution is 6.09. The van der Waals surface area contributed by atoms with E-state index in [4.69, 9.17) is 4.74 Å². The molecule has 7 heteroatoms. The Labute approximate surface area is 180 Å². The lowest BCUT2D eigenvalue weighted by Gasteiger charge is -2.21. The molecule has 0 aliphatic rings. The van der Waals surface area contributed by atoms with Crippen molar-refractivity contribution >= 4 is 16.7 Å². The highest BCUT2D eigenvalue weighted by Gasteiger charge is 2.31. The molecule has 4 nitrogen and oxygen atoms in total. The Kier molecular flexibility index (Phi) is 7.05. The van der Waals surface area contributed by atoms with Crippen molar-refractivity contribution in [3.63, 3.8) is 0 Å². The van der Waals surface area contributed by atoms with Crippen LogP contribution in [0.1, 0.15) is 36.8 Å². The van der Waals surface area contributed by atoms with Gasteiger partial charge in [-0.1, -0.05) is 50.2 Å². The summed E-state index contributed by atoms with van der Waals surface area (Å²) in [5.74, 6) is -0.475. The maximum absolute atomic E-state index is 13.4. The molecule has 0 fully saturated rings. The first-order valence-electron chi connectivity index (χ1n) is 10.5. The van der Waals surface area contributed by atoms with Gasteiger partial charge in [0.2, 0.25) is 0 Å². The van der Waals surface area contributed by atoms with Crippen LogP contribution < -0.4 is 0 Å². The fraction of sp³-hybridized carbons (Fsp3) is 0.375. The quantitative estimate of drug-likeness (QED) is 0.419. The molecule has 2 aromatic carbocycles. The van der Waals surface area contributed by atoms with E-state index in [2.05, 4.69) is 18.7 Å². The number of aromatic nitrogens is 1. The number of esters is 1. The monoisotopic (exact) mass is 432 g/mol. The number of fused-ring (bicyclic) bond motifs is 1. The number of nitrogens with zero attached hydrogens (tertiary/aromatic N) is 2. The molecule has 31 heavy (non-hydrogen) atoms. The third-order valence-electron chi connectivity index (χ3n) is 5.44. The van der Waals surface area contributed by atoms with Crippen LogP contribution in [0, 0.1) is 0 Å². The van der Waals surface area contributed by atoms with Crippen molar-refractivity contribution in [1.82, 2.24) is 9.47 Å². The summed E-state index contributed by atoms with van der Waals surface area (Å²) in [6.45, 7) is 8.84. The number of ether oxygens (including phenoxy) is 1. The highest BCUT2D eigenvalue weighted by atomic mass is 19.4. The number of carbonyl (C=O) groups is 1. The molecule has 0 saturated heterocycles. The third-order valence-corrected chi connectivity index (χ3v) is 5.44. The van der Waals surface area contributed by atoms with E-state index >= 15 is 0 Å². The molecule has 0 unspecified atom stereocenters. The Morgan fingerprint density at radius 2 is 1.68 bits per heavy atom. The Hall–Kier alpha value is -2.80. The molecular formula is C24H27F3N2O2. The van der Waals surface area contributed by atoms with E-state index in [9.17, 15) is 18.0 Å². The standard InChI is InChI=1S/C24H27F3N2O2/c1-4-28(5-2)14-15-29-21(17-10-9-11-18(16-17)24(25,26)27)19-12-7-8-13-20(19)22(29)23(30)31-6-3/h7-13,16H,4-6,14-15H2,1-3H3. The summed E-state index contributed by atoms with van der Waals surface area (Å²) in [6, 6.07) is 12.5. The van der Waals surface area contributed by atoms with Gasteiger partial charge < -0.3 is 14.2 Å². The maximum atomic E-state index is 13.4. The fourth-order valence-corrected chi connectivity index (χ4v) is 3.88. The van der Waals surface area contributed by atoms with Crippen LogP contribution >= 0.6 is 0 Å². The molecular weight excluding hydrogens is 405 g/mol. The lowest BCUT2D eigenvalue weighted by Crippen LogP contribution is -2.28. The largest absolute Gasteiger partial charge is 0.461 e. The van der Waals surface area contributed by atoms with Crippen molar-refractivity contribution in [3.05, 3.63) is 59.8 Å². The fourth-order valence-electron chi connectivity index (χ4n) is 3.88. The zero-order chi connectivity index (χ0) is 22.6. The minimum absolute atomic E-state index is 0.216. The second-order valence-corrected chi connectivity index (χ2v) is 7.22. The molecule has 166 valence electrons. The zero-order valence-electron chi connectivity index (χ0n) is 18.0. The number of hydrogen-bond donors (Lipinski definition) is 0. The van der Waals surface area contributed by atoms with Crippen LogP contribution in [-0.2, 0) is 17.5 Å². The topological polar surface area (TPSA) is 34.5 Å². The second-order valence-electron chi connectivity index (χ2n) is 7.22. The summed E-state index contributed by atoms with van der Waals surface area (Å²) >= 11 is 0. The Morgan fingerprint density at radius 3 is 2.29 bits per heavy atom. The summed E-state index contributed by atoms with van der Waals surface area (Å²) in [5, 5.41) is 1.40. The van der Waals surface area contributed by atoms with E-state index in [1.807, 2.05) is 28.8 Å². The number of alkyl halides is 3. The molecule has 0 atom stereocenters. The van der Waals surface area contributed by atoms with Crippen molar-refractivity contribution < 1.29 is 22.7 Å². The van der Waals surface area contributed by atoms with Gasteiger partial charge in [-0.3, -0.25) is 0 Å². The summed E-state index contributed by atoms with van der Waals surface area (Å²) < 4.78 is 47.3. The first-order valence-corrected chi connectivity index (χ1v) is 10.5. The van der Waals surface area contributed by atoms with Crippen LogP contribution in [0.5, 0.6) is 0 Å². The number of carbonyl (C=O) groups excluding carboxylic acids is 1. The summed E-state index contributed by atoms with van der Waals surface area (Å²) in [7, 11) is 0. The van der Waals surface area contributed by atoms with Crippen LogP contribution in [0.15, 0.2) is 48.5 Å². The summed E-state index contributed by atoms with van der Waals surface area (Å²) in [5.41, 5.74) is 0.665. The van der Waals surface area contributed by atoms with E-state index in [0.29, 0.717) is 35.4 Å². The number of halogens is 3. The SMILES string of the molecule is CCOC(=O)c1c2ccccc2c(-c2cccc(C(F)(F)F)c2)n1CCN(CC)CC. The molecule has 1 aromatic heterocycles. The van der Waals surface area contributed by atoms with Crippen LogP contribution in [0.2, 0.25) is 0 Å². The number of hydrogen-bond acceptors (Lipinski definition) is 3. The predicted octanol–water partition coefficient (Wildman–Crippen LogP) is 5.85. The molecule has 0 bridgehead atoms. The van der Waals surface area contributed by atoms with Crippen LogP contribution in [0.3, 0.4) is 0 Å².